The number of carbonyl (C=O) groups excluding carboxylic acids is 2. The normalized spacial score (nSPS) is 11.8. The molecule has 2 amide bonds. The molecule has 9 heteroatoms. The lowest BCUT2D eigenvalue weighted by Gasteiger charge is -2.26. The number of aromatic nitrogens is 2. The van der Waals surface area contributed by atoms with Crippen LogP contribution >= 0.6 is 0 Å². The van der Waals surface area contributed by atoms with Crippen LogP contribution in [0.2, 0.25) is 0 Å². The van der Waals surface area contributed by atoms with Crippen LogP contribution in [0.3, 0.4) is 0 Å². The van der Waals surface area contributed by atoms with E-state index in [2.05, 4.69) is 15.5 Å². The number of carboxylic acids is 1. The number of nitrogens with one attached hydrogen (secondary N) is 1. The number of aryl methyl sites for hydroxylation is 2. The second kappa shape index (κ2) is 8.86. The molecule has 0 aliphatic rings. The molecule has 23 heavy (non-hydrogen) atoms. The van der Waals surface area contributed by atoms with E-state index in [1.54, 1.807) is 6.92 Å². The molecular weight excluding hydrogens is 304 g/mol. The number of hydrogen-bond acceptors (Lipinski definition) is 6. The van der Waals surface area contributed by atoms with Gasteiger partial charge in [0.2, 0.25) is 17.7 Å². The van der Waals surface area contributed by atoms with Gasteiger partial charge < -0.3 is 19.8 Å². The van der Waals surface area contributed by atoms with Crippen LogP contribution in [0.25, 0.3) is 0 Å². The fourth-order valence-electron chi connectivity index (χ4n) is 2.00. The van der Waals surface area contributed by atoms with Gasteiger partial charge in [-0.1, -0.05) is 5.16 Å². The molecule has 0 bridgehead atoms. The van der Waals surface area contributed by atoms with Crippen LogP contribution in [0.5, 0.6) is 0 Å². The van der Waals surface area contributed by atoms with Crippen molar-refractivity contribution < 1.29 is 24.0 Å². The molecular formula is C14H22N4O5. The monoisotopic (exact) mass is 326 g/mol. The molecule has 0 saturated carbocycles. The van der Waals surface area contributed by atoms with Crippen molar-refractivity contribution in [3.8, 4) is 0 Å². The number of carboxylic acid groups (broad SMARTS) is 1. The molecule has 0 aromatic carbocycles. The third-order valence-electron chi connectivity index (χ3n) is 3.22. The van der Waals surface area contributed by atoms with Gasteiger partial charge in [0.25, 0.3) is 0 Å². The third kappa shape index (κ3) is 6.45. The van der Waals surface area contributed by atoms with Gasteiger partial charge in [-0.05, 0) is 20.3 Å². The summed E-state index contributed by atoms with van der Waals surface area (Å²) in [7, 11) is 0. The van der Waals surface area contributed by atoms with E-state index in [0.29, 0.717) is 24.6 Å². The summed E-state index contributed by atoms with van der Waals surface area (Å²) >= 11 is 0. The van der Waals surface area contributed by atoms with E-state index < -0.39 is 12.0 Å². The van der Waals surface area contributed by atoms with Crippen molar-refractivity contribution in [2.45, 2.75) is 46.1 Å². The topological polar surface area (TPSA) is 126 Å². The van der Waals surface area contributed by atoms with Crippen molar-refractivity contribution in [2.24, 2.45) is 0 Å². The van der Waals surface area contributed by atoms with Crippen molar-refractivity contribution in [1.29, 1.82) is 0 Å². The zero-order valence-corrected chi connectivity index (χ0v) is 13.5. The first-order valence-electron chi connectivity index (χ1n) is 7.37. The lowest BCUT2D eigenvalue weighted by Crippen LogP contribution is -2.46. The Hall–Kier alpha value is -2.45. The van der Waals surface area contributed by atoms with E-state index in [1.807, 2.05) is 0 Å². The van der Waals surface area contributed by atoms with E-state index in [4.69, 9.17) is 9.63 Å². The fourth-order valence-corrected chi connectivity index (χ4v) is 2.00. The maximum atomic E-state index is 12.2. The van der Waals surface area contributed by atoms with Crippen LogP contribution in [0.4, 0.5) is 0 Å². The molecule has 0 aliphatic carbocycles. The molecule has 1 heterocycles. The van der Waals surface area contributed by atoms with Crippen molar-refractivity contribution in [1.82, 2.24) is 20.4 Å². The van der Waals surface area contributed by atoms with Crippen LogP contribution < -0.4 is 5.32 Å². The highest BCUT2D eigenvalue weighted by Crippen LogP contribution is 2.08. The molecule has 1 atom stereocenters. The Kier molecular flexibility index (Phi) is 7.17. The Bertz CT molecular complexity index is 557. The number of carbonyl (C=O) groups is 3. The molecule has 9 nitrogen and oxygen atoms in total. The Morgan fingerprint density at radius 3 is 2.61 bits per heavy atom. The second-order valence-corrected chi connectivity index (χ2v) is 5.17. The van der Waals surface area contributed by atoms with E-state index >= 15 is 0 Å². The third-order valence-corrected chi connectivity index (χ3v) is 3.22. The van der Waals surface area contributed by atoms with E-state index in [9.17, 15) is 14.4 Å². The van der Waals surface area contributed by atoms with Gasteiger partial charge in [0.05, 0.1) is 0 Å². The SMILES string of the molecule is CC(=O)NCCN(C(=O)CCCc1nc(C)no1)C(C)C(=O)O. The van der Waals surface area contributed by atoms with Crippen LogP contribution in [0, 0.1) is 6.92 Å². The summed E-state index contributed by atoms with van der Waals surface area (Å²) in [4.78, 5) is 39.5. The maximum Gasteiger partial charge on any atom is 0.326 e. The zero-order chi connectivity index (χ0) is 17.4. The number of amides is 2. The zero-order valence-electron chi connectivity index (χ0n) is 13.5. The number of rotatable bonds is 9. The van der Waals surface area contributed by atoms with Crippen LogP contribution in [0.1, 0.15) is 38.4 Å². The summed E-state index contributed by atoms with van der Waals surface area (Å²) in [6, 6.07) is -0.957. The quantitative estimate of drug-likeness (QED) is 0.661. The van der Waals surface area contributed by atoms with Gasteiger partial charge in [-0.2, -0.15) is 4.98 Å². The predicted octanol–water partition coefficient (Wildman–Crippen LogP) is 0.139. The predicted molar refractivity (Wildman–Crippen MR) is 79.5 cm³/mol. The summed E-state index contributed by atoms with van der Waals surface area (Å²) in [5, 5.41) is 15.3. The molecule has 2 N–H and O–H groups in total. The van der Waals surface area contributed by atoms with Crippen molar-refractivity contribution >= 4 is 17.8 Å². The smallest absolute Gasteiger partial charge is 0.326 e. The highest BCUT2D eigenvalue weighted by molar-refractivity contribution is 5.83. The molecule has 0 spiro atoms. The van der Waals surface area contributed by atoms with Crippen LogP contribution in [0.15, 0.2) is 4.52 Å². The highest BCUT2D eigenvalue weighted by Gasteiger charge is 2.24. The van der Waals surface area contributed by atoms with Crippen molar-refractivity contribution in [3.63, 3.8) is 0 Å². The minimum Gasteiger partial charge on any atom is -0.480 e. The van der Waals surface area contributed by atoms with E-state index in [0.717, 1.165) is 0 Å². The molecule has 0 fully saturated rings. The number of hydrogen-bond donors (Lipinski definition) is 2. The Morgan fingerprint density at radius 1 is 1.39 bits per heavy atom. The first-order valence-corrected chi connectivity index (χ1v) is 7.37. The number of aliphatic carboxylic acids is 1. The fraction of sp³-hybridized carbons (Fsp3) is 0.643. The summed E-state index contributed by atoms with van der Waals surface area (Å²) in [5.41, 5.74) is 0. The highest BCUT2D eigenvalue weighted by atomic mass is 16.5. The van der Waals surface area contributed by atoms with Gasteiger partial charge in [0.1, 0.15) is 6.04 Å². The van der Waals surface area contributed by atoms with Crippen LogP contribution in [-0.2, 0) is 20.8 Å². The second-order valence-electron chi connectivity index (χ2n) is 5.17. The molecule has 1 aromatic rings. The molecule has 1 rings (SSSR count). The first-order chi connectivity index (χ1) is 10.8. The molecule has 0 radical (unpaired) electrons. The first kappa shape index (κ1) is 18.6. The summed E-state index contributed by atoms with van der Waals surface area (Å²) in [5.74, 6) is -0.628. The van der Waals surface area contributed by atoms with Crippen molar-refractivity contribution in [3.05, 3.63) is 11.7 Å². The molecule has 0 saturated heterocycles. The standard InChI is InChI=1S/C14H22N4O5/c1-9(14(21)22)18(8-7-15-11(3)19)13(20)6-4-5-12-16-10(2)17-23-12/h9H,4-8H2,1-3H3,(H,15,19)(H,21,22). The lowest BCUT2D eigenvalue weighted by molar-refractivity contribution is -0.149. The molecule has 0 aliphatic heterocycles. The van der Waals surface area contributed by atoms with Gasteiger partial charge in [-0.25, -0.2) is 4.79 Å². The average molecular weight is 326 g/mol. The van der Waals surface area contributed by atoms with Gasteiger partial charge in [-0.3, -0.25) is 9.59 Å². The van der Waals surface area contributed by atoms with Gasteiger partial charge in [0.15, 0.2) is 5.82 Å². The number of nitrogens with zero attached hydrogens (tertiary/aromatic N) is 3. The maximum absolute atomic E-state index is 12.2. The largest absolute Gasteiger partial charge is 0.480 e. The Balaban J connectivity index is 2.52. The Labute approximate surface area is 134 Å². The lowest BCUT2D eigenvalue weighted by atomic mass is 10.2. The van der Waals surface area contributed by atoms with Gasteiger partial charge in [-0.15, -0.1) is 0 Å². The molecule has 1 unspecified atom stereocenters. The van der Waals surface area contributed by atoms with Gasteiger partial charge in [0, 0.05) is 32.9 Å². The molecule has 128 valence electrons. The van der Waals surface area contributed by atoms with E-state index in [1.165, 1.54) is 18.7 Å². The minimum atomic E-state index is -1.09. The summed E-state index contributed by atoms with van der Waals surface area (Å²) in [6.07, 6.45) is 1.09. The van der Waals surface area contributed by atoms with Crippen molar-refractivity contribution in [2.75, 3.05) is 13.1 Å². The summed E-state index contributed by atoms with van der Waals surface area (Å²) < 4.78 is 4.96. The van der Waals surface area contributed by atoms with E-state index in [-0.39, 0.29) is 31.3 Å². The summed E-state index contributed by atoms with van der Waals surface area (Å²) in [6.45, 7) is 4.86. The van der Waals surface area contributed by atoms with Gasteiger partial charge >= 0.3 is 5.97 Å². The molecule has 1 aromatic heterocycles. The Morgan fingerprint density at radius 2 is 2.09 bits per heavy atom. The minimum absolute atomic E-state index is 0.144. The average Bonchev–Trinajstić information content (AvgIpc) is 2.88. The van der Waals surface area contributed by atoms with Crippen LogP contribution in [-0.4, -0.2) is 57.1 Å².